The Morgan fingerprint density at radius 2 is 1.92 bits per heavy atom. The first-order chi connectivity index (χ1) is 12.2. The van der Waals surface area contributed by atoms with E-state index in [0.717, 1.165) is 17.7 Å². The van der Waals surface area contributed by atoms with Gasteiger partial charge in [-0.25, -0.2) is 4.79 Å². The van der Waals surface area contributed by atoms with E-state index in [9.17, 15) is 4.79 Å². The first kappa shape index (κ1) is 18.6. The molecule has 0 amide bonds. The molecule has 0 radical (unpaired) electrons. The van der Waals surface area contributed by atoms with Gasteiger partial charge < -0.3 is 9.47 Å². The van der Waals surface area contributed by atoms with Crippen LogP contribution in [0.5, 0.6) is 5.75 Å². The maximum Gasteiger partial charge on any atom is 0.337 e. The normalized spacial score (nSPS) is 9.84. The van der Waals surface area contributed by atoms with Gasteiger partial charge in [0.1, 0.15) is 5.75 Å². The number of unbranched alkanes of at least 4 members (excludes halogenated alkanes) is 1. The minimum absolute atomic E-state index is 0.352. The minimum atomic E-state index is -0.352. The largest absolute Gasteiger partial charge is 0.493 e. The predicted molar refractivity (Wildman–Crippen MR) is 99.8 cm³/mol. The van der Waals surface area contributed by atoms with Gasteiger partial charge in [0.05, 0.1) is 19.3 Å². The zero-order valence-electron chi connectivity index (χ0n) is 14.9. The van der Waals surface area contributed by atoms with Crippen LogP contribution in [0.25, 0.3) is 0 Å². The summed E-state index contributed by atoms with van der Waals surface area (Å²) in [6.07, 6.45) is 4.17. The van der Waals surface area contributed by atoms with E-state index in [4.69, 9.17) is 9.47 Å². The van der Waals surface area contributed by atoms with E-state index >= 15 is 0 Å². The van der Waals surface area contributed by atoms with Crippen molar-refractivity contribution in [2.45, 2.75) is 32.6 Å². The number of hydrogen-bond donors (Lipinski definition) is 0. The van der Waals surface area contributed by atoms with Crippen LogP contribution in [-0.2, 0) is 11.2 Å². The summed E-state index contributed by atoms with van der Waals surface area (Å²) in [5.74, 6) is 6.63. The highest BCUT2D eigenvalue weighted by Crippen LogP contribution is 2.14. The number of hydrogen-bond acceptors (Lipinski definition) is 3. The average molecular weight is 336 g/mol. The van der Waals surface area contributed by atoms with Crippen LogP contribution in [0.15, 0.2) is 48.5 Å². The standard InChI is InChI=1S/C22H24O3/c1-3-4-8-18-12-14-21(15-13-18)25-16-6-5-9-19-10-7-11-20(17-19)22(23)24-2/h7,10-15,17H,3-4,6,8,16H2,1-2H3. The summed E-state index contributed by atoms with van der Waals surface area (Å²) in [7, 11) is 1.37. The highest BCUT2D eigenvalue weighted by Gasteiger charge is 2.04. The molecule has 0 atom stereocenters. The van der Waals surface area contributed by atoms with Crippen molar-refractivity contribution in [3.63, 3.8) is 0 Å². The Balaban J connectivity index is 1.80. The molecule has 25 heavy (non-hydrogen) atoms. The van der Waals surface area contributed by atoms with Crippen LogP contribution in [0.4, 0.5) is 0 Å². The lowest BCUT2D eigenvalue weighted by Gasteiger charge is -2.05. The first-order valence-electron chi connectivity index (χ1n) is 8.62. The second-order valence-electron chi connectivity index (χ2n) is 5.72. The van der Waals surface area contributed by atoms with Gasteiger partial charge in [0.25, 0.3) is 0 Å². The molecule has 0 heterocycles. The van der Waals surface area contributed by atoms with Crippen LogP contribution < -0.4 is 4.74 Å². The maximum absolute atomic E-state index is 11.5. The summed E-state index contributed by atoms with van der Waals surface area (Å²) >= 11 is 0. The number of benzene rings is 2. The number of esters is 1. The van der Waals surface area contributed by atoms with E-state index in [-0.39, 0.29) is 5.97 Å². The Morgan fingerprint density at radius 1 is 1.12 bits per heavy atom. The van der Waals surface area contributed by atoms with Crippen LogP contribution >= 0.6 is 0 Å². The van der Waals surface area contributed by atoms with Gasteiger partial charge in [-0.05, 0) is 48.7 Å². The molecule has 3 nitrogen and oxygen atoms in total. The molecule has 0 saturated carbocycles. The maximum atomic E-state index is 11.5. The van der Waals surface area contributed by atoms with E-state index in [2.05, 4.69) is 30.9 Å². The number of carbonyl (C=O) groups excluding carboxylic acids is 1. The highest BCUT2D eigenvalue weighted by molar-refractivity contribution is 5.89. The van der Waals surface area contributed by atoms with Gasteiger partial charge in [-0.3, -0.25) is 0 Å². The quantitative estimate of drug-likeness (QED) is 0.420. The van der Waals surface area contributed by atoms with E-state index < -0.39 is 0 Å². The van der Waals surface area contributed by atoms with Crippen molar-refractivity contribution < 1.29 is 14.3 Å². The molecule has 0 aromatic heterocycles. The van der Waals surface area contributed by atoms with Crippen molar-refractivity contribution in [3.05, 3.63) is 65.2 Å². The van der Waals surface area contributed by atoms with E-state index in [0.29, 0.717) is 18.6 Å². The van der Waals surface area contributed by atoms with Crippen molar-refractivity contribution in [3.8, 4) is 17.6 Å². The summed E-state index contributed by atoms with van der Waals surface area (Å²) in [6, 6.07) is 15.4. The summed E-state index contributed by atoms with van der Waals surface area (Å²) in [6.45, 7) is 2.74. The third-order valence-electron chi connectivity index (χ3n) is 3.75. The molecule has 0 spiro atoms. The smallest absolute Gasteiger partial charge is 0.337 e. The lowest BCUT2D eigenvalue weighted by molar-refractivity contribution is 0.0600. The van der Waals surface area contributed by atoms with Gasteiger partial charge >= 0.3 is 5.97 Å². The molecule has 2 aromatic carbocycles. The van der Waals surface area contributed by atoms with E-state index in [1.165, 1.54) is 25.5 Å². The Hall–Kier alpha value is -2.73. The van der Waals surface area contributed by atoms with Crippen molar-refractivity contribution in [1.29, 1.82) is 0 Å². The minimum Gasteiger partial charge on any atom is -0.493 e. The van der Waals surface area contributed by atoms with Gasteiger partial charge in [-0.15, -0.1) is 0 Å². The lowest BCUT2D eigenvalue weighted by Crippen LogP contribution is -2.00. The fourth-order valence-electron chi connectivity index (χ4n) is 2.36. The predicted octanol–water partition coefficient (Wildman–Crippen LogP) is 4.64. The molecule has 0 saturated heterocycles. The third-order valence-corrected chi connectivity index (χ3v) is 3.75. The Labute approximate surface area is 150 Å². The molecule has 2 aromatic rings. The molecule has 2 rings (SSSR count). The summed E-state index contributed by atoms with van der Waals surface area (Å²) < 4.78 is 10.4. The van der Waals surface area contributed by atoms with E-state index in [1.807, 2.05) is 18.2 Å². The fraction of sp³-hybridized carbons (Fsp3) is 0.318. The molecule has 0 N–H and O–H groups in total. The molecule has 3 heteroatoms. The van der Waals surface area contributed by atoms with Gasteiger partial charge in [0.15, 0.2) is 0 Å². The Kier molecular flexibility index (Phi) is 7.59. The molecular weight excluding hydrogens is 312 g/mol. The van der Waals surface area contributed by atoms with Crippen LogP contribution in [-0.4, -0.2) is 19.7 Å². The number of aryl methyl sites for hydroxylation is 1. The van der Waals surface area contributed by atoms with Gasteiger partial charge in [-0.2, -0.15) is 0 Å². The molecule has 0 unspecified atom stereocenters. The molecule has 0 aliphatic heterocycles. The zero-order chi connectivity index (χ0) is 17.9. The summed E-state index contributed by atoms with van der Waals surface area (Å²) in [4.78, 5) is 11.5. The van der Waals surface area contributed by atoms with Gasteiger partial charge in [0.2, 0.25) is 0 Å². The van der Waals surface area contributed by atoms with Gasteiger partial charge in [0, 0.05) is 12.0 Å². The number of rotatable bonds is 7. The topological polar surface area (TPSA) is 35.5 Å². The van der Waals surface area contributed by atoms with E-state index in [1.54, 1.807) is 18.2 Å². The number of carbonyl (C=O) groups is 1. The lowest BCUT2D eigenvalue weighted by atomic mass is 10.1. The second kappa shape index (κ2) is 10.2. The average Bonchev–Trinajstić information content (AvgIpc) is 2.66. The van der Waals surface area contributed by atoms with Crippen LogP contribution in [0.3, 0.4) is 0 Å². The number of methoxy groups -OCH3 is 1. The molecule has 130 valence electrons. The van der Waals surface area contributed by atoms with Crippen molar-refractivity contribution in [1.82, 2.24) is 0 Å². The van der Waals surface area contributed by atoms with Crippen molar-refractivity contribution in [2.24, 2.45) is 0 Å². The van der Waals surface area contributed by atoms with Crippen LogP contribution in [0.2, 0.25) is 0 Å². The highest BCUT2D eigenvalue weighted by atomic mass is 16.5. The summed E-state index contributed by atoms with van der Waals surface area (Å²) in [5, 5.41) is 0. The zero-order valence-corrected chi connectivity index (χ0v) is 14.9. The Morgan fingerprint density at radius 3 is 2.64 bits per heavy atom. The van der Waals surface area contributed by atoms with Gasteiger partial charge in [-0.1, -0.05) is 43.4 Å². The molecule has 0 aliphatic carbocycles. The first-order valence-corrected chi connectivity index (χ1v) is 8.62. The van der Waals surface area contributed by atoms with Crippen LogP contribution in [0, 0.1) is 11.8 Å². The Bertz CT molecular complexity index is 736. The molecule has 0 bridgehead atoms. The summed E-state index contributed by atoms with van der Waals surface area (Å²) in [5.41, 5.74) is 2.65. The van der Waals surface area contributed by atoms with Crippen molar-refractivity contribution in [2.75, 3.05) is 13.7 Å². The van der Waals surface area contributed by atoms with Crippen LogP contribution in [0.1, 0.15) is 47.7 Å². The molecule has 0 aliphatic rings. The molecular formula is C22H24O3. The fourth-order valence-corrected chi connectivity index (χ4v) is 2.36. The molecule has 0 fully saturated rings. The monoisotopic (exact) mass is 336 g/mol. The number of ether oxygens (including phenoxy) is 2. The second-order valence-corrected chi connectivity index (χ2v) is 5.72. The SMILES string of the molecule is CCCCc1ccc(OCCC#Cc2cccc(C(=O)OC)c2)cc1. The van der Waals surface area contributed by atoms with Crippen molar-refractivity contribution >= 4 is 5.97 Å². The third kappa shape index (κ3) is 6.35.